The molecule has 23 heavy (non-hydrogen) atoms. The number of ether oxygens (including phenoxy) is 1. The molecule has 0 aliphatic heterocycles. The molecule has 1 rings (SSSR count). The van der Waals surface area contributed by atoms with E-state index in [1.807, 2.05) is 0 Å². The maximum Gasteiger partial charge on any atom is 0.207 e. The van der Waals surface area contributed by atoms with Crippen LogP contribution in [0.25, 0.3) is 0 Å². The second kappa shape index (κ2) is 11.9. The Labute approximate surface area is 138 Å². The zero-order valence-electron chi connectivity index (χ0n) is 14.2. The van der Waals surface area contributed by atoms with Gasteiger partial charge in [-0.2, -0.15) is 0 Å². The maximum absolute atomic E-state index is 13.4. The molecule has 4 nitrogen and oxygen atoms in total. The summed E-state index contributed by atoms with van der Waals surface area (Å²) in [5.74, 6) is 0.304. The molecule has 0 aliphatic rings. The fraction of sp³-hybridized carbons (Fsp3) is 0.611. The van der Waals surface area contributed by atoms with E-state index in [0.717, 1.165) is 31.4 Å². The molecular weight excluding hydrogens is 295 g/mol. The first kappa shape index (κ1) is 19.4. The first-order chi connectivity index (χ1) is 11.2. The van der Waals surface area contributed by atoms with Gasteiger partial charge in [-0.25, -0.2) is 4.39 Å². The Hall–Kier alpha value is -1.62. The van der Waals surface area contributed by atoms with Crippen molar-refractivity contribution in [3.8, 4) is 5.75 Å². The highest BCUT2D eigenvalue weighted by atomic mass is 19.1. The van der Waals surface area contributed by atoms with Gasteiger partial charge in [-0.05, 0) is 37.8 Å². The largest absolute Gasteiger partial charge is 0.492 e. The third kappa shape index (κ3) is 8.55. The molecule has 0 bridgehead atoms. The van der Waals surface area contributed by atoms with E-state index in [0.29, 0.717) is 31.4 Å². The summed E-state index contributed by atoms with van der Waals surface area (Å²) < 4.78 is 19.2. The van der Waals surface area contributed by atoms with Gasteiger partial charge in [-0.3, -0.25) is 4.79 Å². The maximum atomic E-state index is 13.4. The highest BCUT2D eigenvalue weighted by molar-refractivity contribution is 5.45. The van der Waals surface area contributed by atoms with Crippen LogP contribution in [0.5, 0.6) is 5.75 Å². The van der Waals surface area contributed by atoms with Crippen LogP contribution in [-0.4, -0.2) is 32.1 Å². The lowest BCUT2D eigenvalue weighted by molar-refractivity contribution is -0.109. The van der Waals surface area contributed by atoms with E-state index in [1.54, 1.807) is 6.07 Å². The molecule has 0 radical (unpaired) electrons. The fourth-order valence-electron chi connectivity index (χ4n) is 2.39. The highest BCUT2D eigenvalue weighted by Crippen LogP contribution is 2.21. The lowest BCUT2D eigenvalue weighted by Gasteiger charge is -2.15. The number of benzene rings is 1. The molecule has 0 saturated carbocycles. The Kier molecular flexibility index (Phi) is 10.0. The number of hydrogen-bond donors (Lipinski definition) is 2. The second-order valence-electron chi connectivity index (χ2n) is 5.77. The van der Waals surface area contributed by atoms with E-state index >= 15 is 0 Å². The van der Waals surface area contributed by atoms with Crippen molar-refractivity contribution in [2.75, 3.05) is 19.7 Å². The summed E-state index contributed by atoms with van der Waals surface area (Å²) in [7, 11) is 0. The van der Waals surface area contributed by atoms with Gasteiger partial charge in [0, 0.05) is 25.2 Å². The quantitative estimate of drug-likeness (QED) is 0.433. The number of hydrogen-bond acceptors (Lipinski definition) is 3. The first-order valence-corrected chi connectivity index (χ1v) is 8.49. The molecule has 0 aromatic heterocycles. The predicted octanol–water partition coefficient (Wildman–Crippen LogP) is 3.05. The molecule has 5 heteroatoms. The van der Waals surface area contributed by atoms with Gasteiger partial charge >= 0.3 is 0 Å². The number of carbonyl (C=O) groups is 1. The zero-order chi connectivity index (χ0) is 16.9. The lowest BCUT2D eigenvalue weighted by atomic mass is 10.1. The SMILES string of the molecule is CCCCC(C)NCCOc1cc(F)ccc1CCCNC=O. The number of nitrogens with one attached hydrogen (secondary N) is 2. The molecule has 0 fully saturated rings. The molecule has 130 valence electrons. The molecule has 2 N–H and O–H groups in total. The number of amides is 1. The normalized spacial score (nSPS) is 12.0. The van der Waals surface area contributed by atoms with Crippen molar-refractivity contribution in [1.82, 2.24) is 10.6 Å². The van der Waals surface area contributed by atoms with Crippen LogP contribution in [0, 0.1) is 5.82 Å². The van der Waals surface area contributed by atoms with Gasteiger partial charge in [0.2, 0.25) is 6.41 Å². The molecule has 1 amide bonds. The molecule has 0 saturated heterocycles. The number of carbonyl (C=O) groups excluding carboxylic acids is 1. The van der Waals surface area contributed by atoms with Crippen LogP contribution in [0.4, 0.5) is 4.39 Å². The summed E-state index contributed by atoms with van der Waals surface area (Å²) >= 11 is 0. The summed E-state index contributed by atoms with van der Waals surface area (Å²) in [6.45, 7) is 6.22. The monoisotopic (exact) mass is 324 g/mol. The number of unbranched alkanes of at least 4 members (excludes halogenated alkanes) is 1. The molecule has 1 atom stereocenters. The van der Waals surface area contributed by atoms with Crippen LogP contribution in [-0.2, 0) is 11.2 Å². The molecule has 0 spiro atoms. The topological polar surface area (TPSA) is 50.4 Å². The summed E-state index contributed by atoms with van der Waals surface area (Å²) in [5.41, 5.74) is 0.970. The van der Waals surface area contributed by atoms with Crippen molar-refractivity contribution >= 4 is 6.41 Å². The van der Waals surface area contributed by atoms with E-state index in [4.69, 9.17) is 4.74 Å². The van der Waals surface area contributed by atoms with Crippen LogP contribution in [0.2, 0.25) is 0 Å². The molecule has 1 aromatic carbocycles. The van der Waals surface area contributed by atoms with E-state index < -0.39 is 0 Å². The number of aryl methyl sites for hydroxylation is 1. The van der Waals surface area contributed by atoms with Crippen molar-refractivity contribution in [1.29, 1.82) is 0 Å². The Bertz CT molecular complexity index is 455. The van der Waals surface area contributed by atoms with Gasteiger partial charge < -0.3 is 15.4 Å². The molecule has 0 aliphatic carbocycles. The van der Waals surface area contributed by atoms with Crippen molar-refractivity contribution in [3.05, 3.63) is 29.6 Å². The molecule has 1 unspecified atom stereocenters. The van der Waals surface area contributed by atoms with Crippen molar-refractivity contribution in [2.45, 2.75) is 52.0 Å². The average molecular weight is 324 g/mol. The van der Waals surface area contributed by atoms with Gasteiger partial charge in [0.05, 0.1) is 0 Å². The Morgan fingerprint density at radius 2 is 2.13 bits per heavy atom. The van der Waals surface area contributed by atoms with Crippen LogP contribution < -0.4 is 15.4 Å². The predicted molar refractivity (Wildman–Crippen MR) is 91.3 cm³/mol. The average Bonchev–Trinajstić information content (AvgIpc) is 2.55. The molecule has 0 heterocycles. The van der Waals surface area contributed by atoms with Crippen LogP contribution in [0.3, 0.4) is 0 Å². The lowest BCUT2D eigenvalue weighted by Crippen LogP contribution is -2.30. The number of rotatable bonds is 13. The summed E-state index contributed by atoms with van der Waals surface area (Å²) in [6.07, 6.45) is 5.81. The van der Waals surface area contributed by atoms with Gasteiger partial charge in [-0.15, -0.1) is 0 Å². The Balaban J connectivity index is 2.38. The van der Waals surface area contributed by atoms with Gasteiger partial charge in [-0.1, -0.05) is 25.8 Å². The minimum Gasteiger partial charge on any atom is -0.492 e. The van der Waals surface area contributed by atoms with E-state index in [2.05, 4.69) is 24.5 Å². The third-order valence-electron chi connectivity index (χ3n) is 3.72. The summed E-state index contributed by atoms with van der Waals surface area (Å²) in [4.78, 5) is 10.2. The van der Waals surface area contributed by atoms with E-state index in [9.17, 15) is 9.18 Å². The second-order valence-corrected chi connectivity index (χ2v) is 5.77. The summed E-state index contributed by atoms with van der Waals surface area (Å²) in [5, 5.41) is 6.04. The van der Waals surface area contributed by atoms with Gasteiger partial charge in [0.1, 0.15) is 18.2 Å². The molecular formula is C18H29FN2O2. The third-order valence-corrected chi connectivity index (χ3v) is 3.72. The minimum atomic E-state index is -0.293. The van der Waals surface area contributed by atoms with Crippen molar-refractivity contribution in [3.63, 3.8) is 0 Å². The Morgan fingerprint density at radius 1 is 1.30 bits per heavy atom. The van der Waals surface area contributed by atoms with Crippen molar-refractivity contribution < 1.29 is 13.9 Å². The van der Waals surface area contributed by atoms with Crippen molar-refractivity contribution in [2.24, 2.45) is 0 Å². The van der Waals surface area contributed by atoms with Crippen LogP contribution in [0.1, 0.15) is 45.1 Å². The van der Waals surface area contributed by atoms with Gasteiger partial charge in [0.15, 0.2) is 0 Å². The van der Waals surface area contributed by atoms with Gasteiger partial charge in [0.25, 0.3) is 0 Å². The van der Waals surface area contributed by atoms with Crippen LogP contribution in [0.15, 0.2) is 18.2 Å². The summed E-state index contributed by atoms with van der Waals surface area (Å²) in [6, 6.07) is 5.10. The zero-order valence-corrected chi connectivity index (χ0v) is 14.2. The fourth-order valence-corrected chi connectivity index (χ4v) is 2.39. The number of halogens is 1. The standard InChI is InChI=1S/C18H29FN2O2/c1-3-4-6-15(2)21-11-12-23-18-13-17(19)9-8-16(18)7-5-10-20-14-22/h8-9,13-15,21H,3-7,10-12H2,1-2H3,(H,20,22). The van der Waals surface area contributed by atoms with Crippen LogP contribution >= 0.6 is 0 Å². The highest BCUT2D eigenvalue weighted by Gasteiger charge is 2.06. The Morgan fingerprint density at radius 3 is 2.87 bits per heavy atom. The first-order valence-electron chi connectivity index (χ1n) is 8.49. The van der Waals surface area contributed by atoms with E-state index in [-0.39, 0.29) is 5.82 Å². The molecule has 1 aromatic rings. The van der Waals surface area contributed by atoms with E-state index in [1.165, 1.54) is 25.0 Å². The minimum absolute atomic E-state index is 0.293. The smallest absolute Gasteiger partial charge is 0.207 e.